The fourth-order valence-corrected chi connectivity index (χ4v) is 1.66. The first-order chi connectivity index (χ1) is 10.2. The van der Waals surface area contributed by atoms with Crippen LogP contribution in [0, 0.1) is 6.92 Å². The van der Waals surface area contributed by atoms with Crippen LogP contribution in [0.5, 0.6) is 11.5 Å². The van der Waals surface area contributed by atoms with Crippen molar-refractivity contribution in [1.82, 2.24) is 5.32 Å². The molecule has 0 saturated carbocycles. The van der Waals surface area contributed by atoms with Crippen LogP contribution in [0.25, 0.3) is 0 Å². The first kappa shape index (κ1) is 18.2. The number of aliphatic hydroxyl groups is 2. The van der Waals surface area contributed by atoms with Crippen molar-refractivity contribution in [2.75, 3.05) is 19.8 Å². The minimum Gasteiger partial charge on any atom is -0.504 e. The Bertz CT molecular complexity index is 529. The van der Waals surface area contributed by atoms with Gasteiger partial charge in [0.25, 0.3) is 0 Å². The molecule has 0 saturated heterocycles. The second kappa shape index (κ2) is 7.44. The fraction of sp³-hybridized carbons (Fsp3) is 0.533. The summed E-state index contributed by atoms with van der Waals surface area (Å²) < 4.78 is 4.98. The maximum atomic E-state index is 11.9. The van der Waals surface area contributed by atoms with Crippen molar-refractivity contribution in [3.05, 3.63) is 23.3 Å². The molecule has 0 spiro atoms. The molecule has 1 atom stereocenters. The smallest absolute Gasteiger partial charge is 0.338 e. The first-order valence-electron chi connectivity index (χ1n) is 6.90. The number of aromatic hydroxyl groups is 2. The third-order valence-electron chi connectivity index (χ3n) is 3.16. The van der Waals surface area contributed by atoms with Crippen molar-refractivity contribution >= 4 is 5.97 Å². The lowest BCUT2D eigenvalue weighted by atomic mass is 10.1. The van der Waals surface area contributed by atoms with Gasteiger partial charge in [-0.25, -0.2) is 4.79 Å². The molecule has 0 amide bonds. The Balaban J connectivity index is 2.54. The number of rotatable bonds is 7. The van der Waals surface area contributed by atoms with Crippen LogP contribution < -0.4 is 5.32 Å². The predicted octanol–water partition coefficient (Wildman–Crippen LogP) is 0.284. The summed E-state index contributed by atoms with van der Waals surface area (Å²) in [6, 6.07) is 2.38. The van der Waals surface area contributed by atoms with Crippen molar-refractivity contribution in [3.8, 4) is 11.5 Å². The zero-order valence-corrected chi connectivity index (χ0v) is 13.0. The Kier molecular flexibility index (Phi) is 6.16. The monoisotopic (exact) mass is 313 g/mol. The third kappa shape index (κ3) is 5.18. The van der Waals surface area contributed by atoms with E-state index in [1.807, 2.05) is 0 Å². The van der Waals surface area contributed by atoms with Crippen molar-refractivity contribution < 1.29 is 30.0 Å². The number of aryl methyl sites for hydroxylation is 1. The highest BCUT2D eigenvalue weighted by Gasteiger charge is 2.19. The van der Waals surface area contributed by atoms with Crippen LogP contribution in [-0.4, -0.2) is 57.8 Å². The summed E-state index contributed by atoms with van der Waals surface area (Å²) in [6.45, 7) is 4.97. The topological polar surface area (TPSA) is 119 Å². The number of nitrogens with one attached hydrogen (secondary N) is 1. The van der Waals surface area contributed by atoms with Crippen molar-refractivity contribution in [3.63, 3.8) is 0 Å². The summed E-state index contributed by atoms with van der Waals surface area (Å²) in [4.78, 5) is 11.9. The van der Waals surface area contributed by atoms with Gasteiger partial charge in [0.1, 0.15) is 12.7 Å². The van der Waals surface area contributed by atoms with Gasteiger partial charge < -0.3 is 30.5 Å². The summed E-state index contributed by atoms with van der Waals surface area (Å²) in [5, 5.41) is 40.5. The van der Waals surface area contributed by atoms with Gasteiger partial charge >= 0.3 is 5.97 Å². The van der Waals surface area contributed by atoms with E-state index < -0.39 is 23.4 Å². The van der Waals surface area contributed by atoms with Crippen LogP contribution in [0.1, 0.15) is 29.8 Å². The Morgan fingerprint density at radius 1 is 1.32 bits per heavy atom. The van der Waals surface area contributed by atoms with E-state index in [4.69, 9.17) is 9.84 Å². The lowest BCUT2D eigenvalue weighted by molar-refractivity contribution is 0.0233. The molecule has 1 aromatic rings. The lowest BCUT2D eigenvalue weighted by Gasteiger charge is -2.25. The number of β-amino-alcohol motifs (C(OH)–C–C–N with tert-alkyl or cyclic N) is 1. The molecule has 1 aromatic carbocycles. The molecular weight excluding hydrogens is 290 g/mol. The Morgan fingerprint density at radius 2 is 1.91 bits per heavy atom. The number of hydrogen-bond donors (Lipinski definition) is 5. The van der Waals surface area contributed by atoms with E-state index in [1.54, 1.807) is 20.8 Å². The molecule has 0 aliphatic rings. The van der Waals surface area contributed by atoms with E-state index in [9.17, 15) is 20.1 Å². The predicted molar refractivity (Wildman–Crippen MR) is 80.0 cm³/mol. The first-order valence-corrected chi connectivity index (χ1v) is 6.90. The van der Waals surface area contributed by atoms with Gasteiger partial charge in [0.2, 0.25) is 0 Å². The largest absolute Gasteiger partial charge is 0.504 e. The van der Waals surface area contributed by atoms with Gasteiger partial charge in [-0.1, -0.05) is 0 Å². The number of ether oxygens (including phenoxy) is 1. The van der Waals surface area contributed by atoms with Crippen LogP contribution in [0.15, 0.2) is 12.1 Å². The average Bonchev–Trinajstić information content (AvgIpc) is 2.46. The van der Waals surface area contributed by atoms with E-state index in [0.717, 1.165) is 6.07 Å². The van der Waals surface area contributed by atoms with Gasteiger partial charge in [0.15, 0.2) is 11.5 Å². The molecule has 7 heteroatoms. The second-order valence-electron chi connectivity index (χ2n) is 5.83. The molecule has 0 radical (unpaired) electrons. The van der Waals surface area contributed by atoms with Crippen LogP contribution in [-0.2, 0) is 4.74 Å². The molecule has 7 nitrogen and oxygen atoms in total. The number of hydrogen-bond acceptors (Lipinski definition) is 7. The number of phenols is 2. The van der Waals surface area contributed by atoms with Crippen LogP contribution in [0.2, 0.25) is 0 Å². The lowest BCUT2D eigenvalue weighted by Crippen LogP contribution is -2.47. The molecule has 0 aromatic heterocycles. The summed E-state index contributed by atoms with van der Waals surface area (Å²) >= 11 is 0. The Labute approximate surface area is 129 Å². The third-order valence-corrected chi connectivity index (χ3v) is 3.16. The fourth-order valence-electron chi connectivity index (χ4n) is 1.66. The van der Waals surface area contributed by atoms with Gasteiger partial charge in [-0.2, -0.15) is 0 Å². The van der Waals surface area contributed by atoms with Crippen LogP contribution in [0.4, 0.5) is 0 Å². The maximum absolute atomic E-state index is 11.9. The highest BCUT2D eigenvalue weighted by Crippen LogP contribution is 2.28. The van der Waals surface area contributed by atoms with Gasteiger partial charge in [-0.05, 0) is 38.5 Å². The number of esters is 1. The van der Waals surface area contributed by atoms with E-state index in [1.165, 1.54) is 6.07 Å². The molecule has 22 heavy (non-hydrogen) atoms. The zero-order chi connectivity index (χ0) is 16.9. The van der Waals surface area contributed by atoms with E-state index in [-0.39, 0.29) is 31.1 Å². The molecule has 0 bridgehead atoms. The van der Waals surface area contributed by atoms with Gasteiger partial charge in [-0.3, -0.25) is 0 Å². The minimum atomic E-state index is -0.930. The van der Waals surface area contributed by atoms with E-state index >= 15 is 0 Å². The molecule has 5 N–H and O–H groups in total. The highest BCUT2D eigenvalue weighted by molar-refractivity contribution is 5.92. The van der Waals surface area contributed by atoms with Gasteiger partial charge in [-0.15, -0.1) is 0 Å². The average molecular weight is 313 g/mol. The summed E-state index contributed by atoms with van der Waals surface area (Å²) in [7, 11) is 0. The number of carbonyl (C=O) groups is 1. The van der Waals surface area contributed by atoms with Crippen LogP contribution >= 0.6 is 0 Å². The number of benzene rings is 1. The van der Waals surface area contributed by atoms with Crippen LogP contribution in [0.3, 0.4) is 0 Å². The quantitative estimate of drug-likeness (QED) is 0.362. The number of phenolic OH excluding ortho intramolecular Hbond substituents is 2. The number of aliphatic hydroxyl groups excluding tert-OH is 2. The molecule has 0 heterocycles. The molecule has 0 aliphatic heterocycles. The molecule has 0 aliphatic carbocycles. The summed E-state index contributed by atoms with van der Waals surface area (Å²) in [6.07, 6.45) is -0.930. The molecule has 1 rings (SSSR count). The van der Waals surface area contributed by atoms with Crippen molar-refractivity contribution in [2.45, 2.75) is 32.4 Å². The standard InChI is InChI=1S/C15H23NO6/c1-9-4-12(19)13(20)5-11(9)14(21)22-7-10(18)6-16-15(2,3)8-17/h4-5,10,16-20H,6-8H2,1-3H3/t10-/m0/s1. The maximum Gasteiger partial charge on any atom is 0.338 e. The Hall–Kier alpha value is -1.83. The zero-order valence-electron chi connectivity index (χ0n) is 13.0. The summed E-state index contributed by atoms with van der Waals surface area (Å²) in [5.74, 6) is -1.43. The van der Waals surface area contributed by atoms with Gasteiger partial charge in [0.05, 0.1) is 12.2 Å². The molecule has 124 valence electrons. The number of carbonyl (C=O) groups excluding carboxylic acids is 1. The van der Waals surface area contributed by atoms with Crippen molar-refractivity contribution in [2.24, 2.45) is 0 Å². The van der Waals surface area contributed by atoms with Crippen molar-refractivity contribution in [1.29, 1.82) is 0 Å². The molecule has 0 fully saturated rings. The van der Waals surface area contributed by atoms with E-state index in [0.29, 0.717) is 5.56 Å². The highest BCUT2D eigenvalue weighted by atomic mass is 16.5. The second-order valence-corrected chi connectivity index (χ2v) is 5.83. The molecular formula is C15H23NO6. The SMILES string of the molecule is Cc1cc(O)c(O)cc1C(=O)OC[C@@H](O)CNC(C)(C)CO. The summed E-state index contributed by atoms with van der Waals surface area (Å²) in [5.41, 5.74) is 0.0325. The normalized spacial score (nSPS) is 13.0. The Morgan fingerprint density at radius 3 is 2.50 bits per heavy atom. The van der Waals surface area contributed by atoms with Gasteiger partial charge in [0, 0.05) is 12.1 Å². The van der Waals surface area contributed by atoms with E-state index in [2.05, 4.69) is 5.32 Å². The molecule has 0 unspecified atom stereocenters. The minimum absolute atomic E-state index is 0.0918.